The fraction of sp³-hybridized carbons (Fsp3) is 0.250. The van der Waals surface area contributed by atoms with Gasteiger partial charge in [0.2, 0.25) is 0 Å². The van der Waals surface area contributed by atoms with Crippen molar-refractivity contribution in [3.8, 4) is 0 Å². The van der Waals surface area contributed by atoms with Gasteiger partial charge in [0.1, 0.15) is 0 Å². The van der Waals surface area contributed by atoms with Crippen molar-refractivity contribution in [2.75, 3.05) is 12.3 Å². The molecule has 7 heteroatoms. The van der Waals surface area contributed by atoms with Crippen LogP contribution in [-0.4, -0.2) is 27.4 Å². The molecule has 6 nitrogen and oxygen atoms in total. The van der Waals surface area contributed by atoms with Crippen molar-refractivity contribution in [3.63, 3.8) is 0 Å². The van der Waals surface area contributed by atoms with E-state index in [9.17, 15) is 4.79 Å². The first kappa shape index (κ1) is 13.4. The molecule has 1 aromatic carbocycles. The van der Waals surface area contributed by atoms with Crippen molar-refractivity contribution in [1.29, 1.82) is 0 Å². The van der Waals surface area contributed by atoms with Crippen LogP contribution in [0.1, 0.15) is 16.8 Å². The van der Waals surface area contributed by atoms with Gasteiger partial charge in [-0.05, 0) is 24.6 Å². The molecule has 3 N–H and O–H groups in total. The van der Waals surface area contributed by atoms with Crippen LogP contribution in [0.2, 0.25) is 5.02 Å². The summed E-state index contributed by atoms with van der Waals surface area (Å²) in [4.78, 5) is 11.8. The van der Waals surface area contributed by atoms with Gasteiger partial charge in [-0.25, -0.2) is 0 Å². The van der Waals surface area contributed by atoms with Gasteiger partial charge < -0.3 is 11.1 Å². The number of rotatable bonds is 5. The number of hydrogen-bond donors (Lipinski definition) is 2. The van der Waals surface area contributed by atoms with E-state index in [0.717, 1.165) is 6.42 Å². The third-order valence-electron chi connectivity index (χ3n) is 2.58. The number of carbonyl (C=O) groups excluding carboxylic acids is 1. The highest BCUT2D eigenvalue weighted by molar-refractivity contribution is 6.33. The molecule has 2 rings (SSSR count). The van der Waals surface area contributed by atoms with Crippen molar-refractivity contribution >= 4 is 23.2 Å². The molecule has 0 fully saturated rings. The van der Waals surface area contributed by atoms with Crippen molar-refractivity contribution in [3.05, 3.63) is 41.2 Å². The lowest BCUT2D eigenvalue weighted by Gasteiger charge is -2.06. The average molecular weight is 280 g/mol. The van der Waals surface area contributed by atoms with E-state index in [0.29, 0.717) is 29.4 Å². The third-order valence-corrected chi connectivity index (χ3v) is 2.91. The van der Waals surface area contributed by atoms with E-state index in [1.165, 1.54) is 0 Å². The molecule has 1 aromatic heterocycles. The number of nitrogens with one attached hydrogen (secondary N) is 1. The number of carbonyl (C=O) groups is 1. The highest BCUT2D eigenvalue weighted by Crippen LogP contribution is 2.19. The molecule has 0 bridgehead atoms. The molecule has 0 unspecified atom stereocenters. The largest absolute Gasteiger partial charge is 0.398 e. The van der Waals surface area contributed by atoms with Crippen LogP contribution in [0.15, 0.2) is 30.6 Å². The Kier molecular flexibility index (Phi) is 4.35. The summed E-state index contributed by atoms with van der Waals surface area (Å²) >= 11 is 5.86. The Bertz CT molecular complexity index is 555. The van der Waals surface area contributed by atoms with Crippen LogP contribution >= 0.6 is 11.6 Å². The first-order valence-electron chi connectivity index (χ1n) is 5.84. The van der Waals surface area contributed by atoms with E-state index in [2.05, 4.69) is 15.6 Å². The van der Waals surface area contributed by atoms with Gasteiger partial charge >= 0.3 is 0 Å². The molecule has 1 amide bonds. The van der Waals surface area contributed by atoms with Crippen molar-refractivity contribution in [2.45, 2.75) is 13.0 Å². The number of nitrogens with zero attached hydrogens (tertiary/aromatic N) is 3. The monoisotopic (exact) mass is 279 g/mol. The minimum atomic E-state index is -0.166. The topological polar surface area (TPSA) is 85.8 Å². The molecular formula is C12H14ClN5O. The van der Waals surface area contributed by atoms with E-state index >= 15 is 0 Å². The smallest absolute Gasteiger partial charge is 0.251 e. The SMILES string of the molecule is Nc1ccc(C(=O)NCCCn2ccnn2)cc1Cl. The van der Waals surface area contributed by atoms with Crippen LogP contribution in [0.5, 0.6) is 0 Å². The second-order valence-corrected chi connectivity index (χ2v) is 4.42. The Morgan fingerprint density at radius 1 is 1.47 bits per heavy atom. The fourth-order valence-corrected chi connectivity index (χ4v) is 1.75. The van der Waals surface area contributed by atoms with Gasteiger partial charge in [0, 0.05) is 24.8 Å². The van der Waals surface area contributed by atoms with Crippen LogP contribution in [0, 0.1) is 0 Å². The van der Waals surface area contributed by atoms with Crippen molar-refractivity contribution in [1.82, 2.24) is 20.3 Å². The number of halogens is 1. The lowest BCUT2D eigenvalue weighted by atomic mass is 10.2. The lowest BCUT2D eigenvalue weighted by molar-refractivity contribution is 0.0952. The lowest BCUT2D eigenvalue weighted by Crippen LogP contribution is -2.25. The van der Waals surface area contributed by atoms with E-state index in [1.807, 2.05) is 0 Å². The molecule has 19 heavy (non-hydrogen) atoms. The highest BCUT2D eigenvalue weighted by Gasteiger charge is 2.06. The average Bonchev–Trinajstić information content (AvgIpc) is 2.91. The molecule has 0 saturated carbocycles. The zero-order valence-corrected chi connectivity index (χ0v) is 11.0. The zero-order valence-electron chi connectivity index (χ0n) is 10.2. The number of benzene rings is 1. The molecule has 0 spiro atoms. The molecule has 2 aromatic rings. The standard InChI is InChI=1S/C12H14ClN5O/c13-10-8-9(2-3-11(10)14)12(19)15-4-1-6-18-7-5-16-17-18/h2-3,5,7-8H,1,4,6,14H2,(H,15,19). The predicted molar refractivity (Wildman–Crippen MR) is 72.8 cm³/mol. The fourth-order valence-electron chi connectivity index (χ4n) is 1.57. The molecule has 0 atom stereocenters. The van der Waals surface area contributed by atoms with Crippen LogP contribution in [-0.2, 0) is 6.54 Å². The summed E-state index contributed by atoms with van der Waals surface area (Å²) < 4.78 is 1.71. The maximum Gasteiger partial charge on any atom is 0.251 e. The number of anilines is 1. The van der Waals surface area contributed by atoms with E-state index in [-0.39, 0.29) is 5.91 Å². The van der Waals surface area contributed by atoms with Gasteiger partial charge in [-0.2, -0.15) is 0 Å². The maximum absolute atomic E-state index is 11.8. The van der Waals surface area contributed by atoms with E-state index in [1.54, 1.807) is 35.3 Å². The summed E-state index contributed by atoms with van der Waals surface area (Å²) in [5.41, 5.74) is 6.55. The number of hydrogen-bond acceptors (Lipinski definition) is 4. The minimum Gasteiger partial charge on any atom is -0.398 e. The van der Waals surface area contributed by atoms with Gasteiger partial charge in [0.15, 0.2) is 0 Å². The van der Waals surface area contributed by atoms with E-state index in [4.69, 9.17) is 17.3 Å². The van der Waals surface area contributed by atoms with Gasteiger partial charge in [0.25, 0.3) is 5.91 Å². The maximum atomic E-state index is 11.8. The normalized spacial score (nSPS) is 10.4. The van der Waals surface area contributed by atoms with Crippen LogP contribution in [0.25, 0.3) is 0 Å². The summed E-state index contributed by atoms with van der Waals surface area (Å²) in [6.07, 6.45) is 4.17. The minimum absolute atomic E-state index is 0.166. The Balaban J connectivity index is 1.79. The third kappa shape index (κ3) is 3.69. The molecule has 0 aliphatic carbocycles. The Hall–Kier alpha value is -2.08. The van der Waals surface area contributed by atoms with Gasteiger partial charge in [0.05, 0.1) is 16.9 Å². The van der Waals surface area contributed by atoms with Gasteiger partial charge in [-0.3, -0.25) is 9.48 Å². The molecule has 100 valence electrons. The van der Waals surface area contributed by atoms with Crippen molar-refractivity contribution < 1.29 is 4.79 Å². The molecule has 0 aliphatic heterocycles. The quantitative estimate of drug-likeness (QED) is 0.639. The van der Waals surface area contributed by atoms with Gasteiger partial charge in [-0.15, -0.1) is 5.10 Å². The summed E-state index contributed by atoms with van der Waals surface area (Å²) in [5.74, 6) is -0.166. The molecule has 0 aliphatic rings. The number of nitrogen functional groups attached to an aromatic ring is 1. The highest BCUT2D eigenvalue weighted by atomic mass is 35.5. The molecular weight excluding hydrogens is 266 g/mol. The second-order valence-electron chi connectivity index (χ2n) is 4.01. The molecule has 0 radical (unpaired) electrons. The zero-order chi connectivity index (χ0) is 13.7. The Morgan fingerprint density at radius 3 is 3.00 bits per heavy atom. The Labute approximate surface area is 115 Å². The first-order valence-corrected chi connectivity index (χ1v) is 6.22. The molecule has 0 saturated heterocycles. The number of aryl methyl sites for hydroxylation is 1. The Morgan fingerprint density at radius 2 is 2.32 bits per heavy atom. The summed E-state index contributed by atoms with van der Waals surface area (Å²) in [5, 5.41) is 10.7. The number of amides is 1. The van der Waals surface area contributed by atoms with E-state index < -0.39 is 0 Å². The summed E-state index contributed by atoms with van der Waals surface area (Å²) in [7, 11) is 0. The van der Waals surface area contributed by atoms with Gasteiger partial charge in [-0.1, -0.05) is 16.8 Å². The van der Waals surface area contributed by atoms with Crippen LogP contribution in [0.3, 0.4) is 0 Å². The first-order chi connectivity index (χ1) is 9.16. The second kappa shape index (κ2) is 6.19. The predicted octanol–water partition coefficient (Wildman–Crippen LogP) is 1.33. The summed E-state index contributed by atoms with van der Waals surface area (Å²) in [6.45, 7) is 1.27. The number of nitrogens with two attached hydrogens (primary N) is 1. The summed E-state index contributed by atoms with van der Waals surface area (Å²) in [6, 6.07) is 4.82. The number of aromatic nitrogens is 3. The van der Waals surface area contributed by atoms with Crippen LogP contribution in [0.4, 0.5) is 5.69 Å². The molecule has 1 heterocycles. The van der Waals surface area contributed by atoms with Crippen molar-refractivity contribution in [2.24, 2.45) is 0 Å². The van der Waals surface area contributed by atoms with Crippen LogP contribution < -0.4 is 11.1 Å².